The van der Waals surface area contributed by atoms with Crippen LogP contribution in [0.15, 0.2) is 12.1 Å². The van der Waals surface area contributed by atoms with E-state index >= 15 is 0 Å². The Balaban J connectivity index is 1.33. The van der Waals surface area contributed by atoms with Crippen molar-refractivity contribution in [2.45, 2.75) is 51.5 Å². The van der Waals surface area contributed by atoms with Crippen molar-refractivity contribution in [3.8, 4) is 0 Å². The number of carbonyl (C=O) groups is 3. The maximum absolute atomic E-state index is 12.0. The molecule has 1 aromatic rings. The summed E-state index contributed by atoms with van der Waals surface area (Å²) in [5, 5.41) is 2.96. The first-order valence-electron chi connectivity index (χ1n) is 9.16. The van der Waals surface area contributed by atoms with Gasteiger partial charge in [0, 0.05) is 12.5 Å². The summed E-state index contributed by atoms with van der Waals surface area (Å²) in [5.74, 6) is 1.15. The van der Waals surface area contributed by atoms with Gasteiger partial charge < -0.3 is 10.1 Å². The Kier molecular flexibility index (Phi) is 6.35. The molecule has 1 amide bonds. The first-order valence-corrected chi connectivity index (χ1v) is 10.4. The van der Waals surface area contributed by atoms with E-state index in [9.17, 15) is 14.4 Å². The third-order valence-corrected chi connectivity index (χ3v) is 6.86. The van der Waals surface area contributed by atoms with Crippen molar-refractivity contribution in [1.82, 2.24) is 5.32 Å². The molecule has 1 heterocycles. The highest BCUT2D eigenvalue weighted by molar-refractivity contribution is 7.18. The average molecular weight is 398 g/mol. The first-order chi connectivity index (χ1) is 12.4. The zero-order valence-corrected chi connectivity index (χ0v) is 16.4. The van der Waals surface area contributed by atoms with Crippen LogP contribution in [-0.2, 0) is 14.3 Å². The van der Waals surface area contributed by atoms with Crippen molar-refractivity contribution < 1.29 is 19.1 Å². The van der Waals surface area contributed by atoms with Crippen molar-refractivity contribution in [2.24, 2.45) is 17.8 Å². The summed E-state index contributed by atoms with van der Waals surface area (Å²) in [4.78, 5) is 36.2. The van der Waals surface area contributed by atoms with Crippen LogP contribution in [0.4, 0.5) is 0 Å². The Morgan fingerprint density at radius 1 is 1.27 bits per heavy atom. The van der Waals surface area contributed by atoms with Crippen molar-refractivity contribution in [2.75, 3.05) is 6.61 Å². The van der Waals surface area contributed by atoms with Crippen LogP contribution in [0.3, 0.4) is 0 Å². The molecule has 1 N–H and O–H groups in total. The topological polar surface area (TPSA) is 72.5 Å². The van der Waals surface area contributed by atoms with Crippen LogP contribution in [0.5, 0.6) is 0 Å². The van der Waals surface area contributed by atoms with Gasteiger partial charge in [-0.1, -0.05) is 18.0 Å². The van der Waals surface area contributed by atoms with E-state index < -0.39 is 5.97 Å². The SMILES string of the molecule is C[C@H](NC(=O)COC(=O)CCC(=O)c1ccc(Cl)s1)[C@H]1C[C@H]2CC[C@H]1C2. The molecular formula is C19H24ClNO4S. The van der Waals surface area contributed by atoms with Gasteiger partial charge >= 0.3 is 5.97 Å². The van der Waals surface area contributed by atoms with Gasteiger partial charge in [-0.15, -0.1) is 11.3 Å². The highest BCUT2D eigenvalue weighted by Crippen LogP contribution is 2.49. The monoisotopic (exact) mass is 397 g/mol. The van der Waals surface area contributed by atoms with E-state index in [1.807, 2.05) is 6.92 Å². The lowest BCUT2D eigenvalue weighted by Crippen LogP contribution is -2.42. The number of ether oxygens (including phenoxy) is 1. The summed E-state index contributed by atoms with van der Waals surface area (Å²) < 4.78 is 5.53. The summed E-state index contributed by atoms with van der Waals surface area (Å²) in [5.41, 5.74) is 0. The molecule has 2 bridgehead atoms. The molecule has 7 heteroatoms. The number of halogens is 1. The normalized spacial score (nSPS) is 25.1. The lowest BCUT2D eigenvalue weighted by molar-refractivity contribution is -0.148. The third-order valence-electron chi connectivity index (χ3n) is 5.59. The van der Waals surface area contributed by atoms with E-state index in [2.05, 4.69) is 5.32 Å². The quantitative estimate of drug-likeness (QED) is 0.534. The van der Waals surface area contributed by atoms with Crippen molar-refractivity contribution in [1.29, 1.82) is 0 Å². The second kappa shape index (κ2) is 8.53. The maximum atomic E-state index is 12.0. The highest BCUT2D eigenvalue weighted by atomic mass is 35.5. The number of nitrogens with one attached hydrogen (secondary N) is 1. The predicted molar refractivity (Wildman–Crippen MR) is 100 cm³/mol. The molecule has 26 heavy (non-hydrogen) atoms. The van der Waals surface area contributed by atoms with Crippen LogP contribution in [0.2, 0.25) is 4.34 Å². The molecule has 0 spiro atoms. The molecule has 2 saturated carbocycles. The number of hydrogen-bond acceptors (Lipinski definition) is 5. The Morgan fingerprint density at radius 2 is 2.08 bits per heavy atom. The molecule has 5 nitrogen and oxygen atoms in total. The fraction of sp³-hybridized carbons (Fsp3) is 0.632. The summed E-state index contributed by atoms with van der Waals surface area (Å²) in [7, 11) is 0. The lowest BCUT2D eigenvalue weighted by atomic mass is 9.84. The minimum atomic E-state index is -0.538. The number of thiophene rings is 1. The highest BCUT2D eigenvalue weighted by Gasteiger charge is 2.42. The van der Waals surface area contributed by atoms with Crippen LogP contribution in [0.25, 0.3) is 0 Å². The molecule has 2 aliphatic carbocycles. The van der Waals surface area contributed by atoms with E-state index in [0.717, 1.165) is 11.8 Å². The Labute approximate surface area is 162 Å². The second-order valence-electron chi connectivity index (χ2n) is 7.38. The Morgan fingerprint density at radius 3 is 2.69 bits per heavy atom. The van der Waals surface area contributed by atoms with E-state index in [-0.39, 0.29) is 37.2 Å². The van der Waals surface area contributed by atoms with Gasteiger partial charge in [0.2, 0.25) is 0 Å². The van der Waals surface area contributed by atoms with Gasteiger partial charge in [0.05, 0.1) is 15.6 Å². The maximum Gasteiger partial charge on any atom is 0.306 e. The molecule has 3 rings (SSSR count). The van der Waals surface area contributed by atoms with Gasteiger partial charge in [-0.2, -0.15) is 0 Å². The van der Waals surface area contributed by atoms with Gasteiger partial charge in [0.25, 0.3) is 5.91 Å². The fourth-order valence-electron chi connectivity index (χ4n) is 4.33. The largest absolute Gasteiger partial charge is 0.456 e. The predicted octanol–water partition coefficient (Wildman–Crippen LogP) is 3.85. The van der Waals surface area contributed by atoms with Crippen LogP contribution in [0.1, 0.15) is 55.1 Å². The van der Waals surface area contributed by atoms with Crippen molar-refractivity contribution in [3.05, 3.63) is 21.3 Å². The zero-order valence-electron chi connectivity index (χ0n) is 14.8. The Bertz CT molecular complexity index is 689. The molecule has 0 aromatic carbocycles. The summed E-state index contributed by atoms with van der Waals surface area (Å²) in [6, 6.07) is 3.41. The van der Waals surface area contributed by atoms with E-state index in [0.29, 0.717) is 15.1 Å². The molecule has 2 fully saturated rings. The molecule has 142 valence electrons. The van der Waals surface area contributed by atoms with E-state index in [4.69, 9.17) is 16.3 Å². The zero-order chi connectivity index (χ0) is 18.7. The molecular weight excluding hydrogens is 374 g/mol. The van der Waals surface area contributed by atoms with Crippen molar-refractivity contribution in [3.63, 3.8) is 0 Å². The van der Waals surface area contributed by atoms with Crippen LogP contribution in [-0.4, -0.2) is 30.3 Å². The summed E-state index contributed by atoms with van der Waals surface area (Å²) >= 11 is 6.98. The van der Waals surface area contributed by atoms with Gasteiger partial charge in [-0.05, 0) is 56.1 Å². The van der Waals surface area contributed by atoms with Gasteiger partial charge in [-0.3, -0.25) is 14.4 Å². The number of esters is 1. The molecule has 0 unspecified atom stereocenters. The van der Waals surface area contributed by atoms with E-state index in [1.165, 1.54) is 37.0 Å². The average Bonchev–Trinajstić information content (AvgIpc) is 3.34. The molecule has 0 radical (unpaired) electrons. The lowest BCUT2D eigenvalue weighted by Gasteiger charge is -2.28. The van der Waals surface area contributed by atoms with Crippen LogP contribution < -0.4 is 5.32 Å². The molecule has 0 saturated heterocycles. The summed E-state index contributed by atoms with van der Waals surface area (Å²) in [6.45, 7) is 1.75. The number of Topliss-reactive ketones (excluding diaryl/α,β-unsaturated/α-hetero) is 1. The molecule has 1 aromatic heterocycles. The number of ketones is 1. The number of rotatable bonds is 8. The minimum Gasteiger partial charge on any atom is -0.456 e. The summed E-state index contributed by atoms with van der Waals surface area (Å²) in [6.07, 6.45) is 5.11. The van der Waals surface area contributed by atoms with Crippen molar-refractivity contribution >= 4 is 40.6 Å². The second-order valence-corrected chi connectivity index (χ2v) is 9.10. The first kappa shape index (κ1) is 19.4. The number of carbonyl (C=O) groups excluding carboxylic acids is 3. The number of amides is 1. The Hall–Kier alpha value is -1.40. The molecule has 2 aliphatic rings. The van der Waals surface area contributed by atoms with Gasteiger partial charge in [0.1, 0.15) is 0 Å². The fourth-order valence-corrected chi connectivity index (χ4v) is 5.34. The number of hydrogen-bond donors (Lipinski definition) is 1. The third kappa shape index (κ3) is 4.86. The van der Waals surface area contributed by atoms with Gasteiger partial charge in [-0.25, -0.2) is 0 Å². The standard InChI is InChI=1S/C19H24ClNO4S/c1-11(14-9-12-2-3-13(14)8-12)21-18(23)10-25-19(24)7-4-15(22)16-5-6-17(20)26-16/h5-6,11-14H,2-4,7-10H2,1H3,(H,21,23)/t11-,12-,13-,14+/m0/s1. The molecule has 0 aliphatic heterocycles. The van der Waals surface area contributed by atoms with Crippen LogP contribution >= 0.6 is 22.9 Å². The van der Waals surface area contributed by atoms with E-state index in [1.54, 1.807) is 12.1 Å². The molecule has 4 atom stereocenters. The van der Waals surface area contributed by atoms with Gasteiger partial charge in [0.15, 0.2) is 12.4 Å². The smallest absolute Gasteiger partial charge is 0.306 e. The number of fused-ring (bicyclic) bond motifs is 2. The minimum absolute atomic E-state index is 0.0381. The van der Waals surface area contributed by atoms with Crippen LogP contribution in [0, 0.1) is 17.8 Å².